The molecular weight excluding hydrogens is 270 g/mol. The van der Waals surface area contributed by atoms with Crippen molar-refractivity contribution >= 4 is 22.9 Å². The zero-order valence-electron chi connectivity index (χ0n) is 11.9. The Bertz CT molecular complexity index is 367. The number of halogens is 1. The number of hydrogen-bond acceptors (Lipinski definition) is 5. The second-order valence-electron chi connectivity index (χ2n) is 5.69. The molecule has 0 aliphatic heterocycles. The highest BCUT2D eigenvalue weighted by atomic mass is 35.5. The van der Waals surface area contributed by atoms with Gasteiger partial charge in [0.1, 0.15) is 10.8 Å². The lowest BCUT2D eigenvalue weighted by atomic mass is 10.1. The molecule has 0 heterocycles. The number of carbonyl (C=O) groups is 1. The average molecular weight is 292 g/mol. The van der Waals surface area contributed by atoms with Gasteiger partial charge in [0.15, 0.2) is 0 Å². The fourth-order valence-corrected chi connectivity index (χ4v) is 1.07. The van der Waals surface area contributed by atoms with Crippen LogP contribution in [0.25, 0.3) is 0 Å². The maximum Gasteiger partial charge on any atom is 0.412 e. The molecule has 0 saturated heterocycles. The maximum atomic E-state index is 11.5. The lowest BCUT2D eigenvalue weighted by molar-refractivity contribution is 0.0549. The Labute approximate surface area is 118 Å². The highest BCUT2D eigenvalue weighted by Crippen LogP contribution is 2.08. The molecule has 0 atom stereocenters. The smallest absolute Gasteiger partial charge is 0.412 e. The van der Waals surface area contributed by atoms with Crippen molar-refractivity contribution in [2.45, 2.75) is 45.8 Å². The number of amides is 1. The Balaban J connectivity index is 4.54. The van der Waals surface area contributed by atoms with Crippen LogP contribution in [0.3, 0.4) is 0 Å². The van der Waals surface area contributed by atoms with Crippen LogP contribution in [0.4, 0.5) is 4.79 Å². The van der Waals surface area contributed by atoms with E-state index in [2.05, 4.69) is 10.6 Å². The summed E-state index contributed by atoms with van der Waals surface area (Å²) in [5.74, 6) is 0. The molecule has 0 radical (unpaired) electrons. The van der Waals surface area contributed by atoms with Gasteiger partial charge < -0.3 is 15.2 Å². The van der Waals surface area contributed by atoms with Crippen molar-refractivity contribution in [3.63, 3.8) is 0 Å². The molecular formula is C12H22ClN3O3. The van der Waals surface area contributed by atoms with Gasteiger partial charge in [-0.15, -0.1) is 0 Å². The van der Waals surface area contributed by atoms with Gasteiger partial charge >= 0.3 is 6.09 Å². The zero-order chi connectivity index (χ0) is 15.3. The van der Waals surface area contributed by atoms with Crippen molar-refractivity contribution in [2.75, 3.05) is 6.54 Å². The van der Waals surface area contributed by atoms with E-state index in [4.69, 9.17) is 21.7 Å². The molecule has 0 aliphatic carbocycles. The first kappa shape index (κ1) is 17.7. The lowest BCUT2D eigenvalue weighted by Gasteiger charge is -2.20. The lowest BCUT2D eigenvalue weighted by Crippen LogP contribution is -2.36. The van der Waals surface area contributed by atoms with Crippen molar-refractivity contribution < 1.29 is 14.6 Å². The van der Waals surface area contributed by atoms with Crippen molar-refractivity contribution in [2.24, 2.45) is 0 Å². The van der Waals surface area contributed by atoms with Crippen LogP contribution in [0.2, 0.25) is 0 Å². The Morgan fingerprint density at radius 3 is 2.26 bits per heavy atom. The fraction of sp³-hybridized carbons (Fsp3) is 0.667. The number of hydrogen-bond donors (Lipinski definition) is 4. The second-order valence-corrected chi connectivity index (χ2v) is 6.07. The molecule has 0 fully saturated rings. The standard InChI is InChI=1S/C12H22ClN3O3/c1-11(2,3)19-10(17)16-8(9(13)14)6-15-7-12(4,5)18/h6,14-15,18H,7H2,1-5H3,(H,16,17)/b8-6+,14-9?. The van der Waals surface area contributed by atoms with E-state index in [0.717, 1.165) is 0 Å². The fourth-order valence-electron chi connectivity index (χ4n) is 0.971. The molecule has 6 nitrogen and oxygen atoms in total. The summed E-state index contributed by atoms with van der Waals surface area (Å²) in [4.78, 5) is 11.5. The number of carbonyl (C=O) groups excluding carboxylic acids is 1. The van der Waals surface area contributed by atoms with Crippen molar-refractivity contribution in [1.82, 2.24) is 10.6 Å². The summed E-state index contributed by atoms with van der Waals surface area (Å²) in [5, 5.41) is 21.6. The van der Waals surface area contributed by atoms with Gasteiger partial charge in [-0.1, -0.05) is 11.6 Å². The largest absolute Gasteiger partial charge is 0.444 e. The van der Waals surface area contributed by atoms with E-state index in [1.807, 2.05) is 0 Å². The van der Waals surface area contributed by atoms with Gasteiger partial charge in [-0.05, 0) is 34.6 Å². The van der Waals surface area contributed by atoms with Gasteiger partial charge in [0, 0.05) is 12.7 Å². The summed E-state index contributed by atoms with van der Waals surface area (Å²) in [5.41, 5.74) is -1.48. The number of allylic oxidation sites excluding steroid dienone is 1. The SMILES string of the molecule is CC(C)(O)CN/C=C(/NC(=O)OC(C)(C)C)C(=N)Cl. The summed E-state index contributed by atoms with van der Waals surface area (Å²) in [6.07, 6.45) is 0.645. The van der Waals surface area contributed by atoms with E-state index < -0.39 is 17.3 Å². The van der Waals surface area contributed by atoms with Gasteiger partial charge in [0.25, 0.3) is 0 Å². The number of alkyl carbamates (subject to hydrolysis) is 1. The first-order valence-corrected chi connectivity index (χ1v) is 6.19. The predicted octanol–water partition coefficient (Wildman–Crippen LogP) is 1.93. The molecule has 19 heavy (non-hydrogen) atoms. The summed E-state index contributed by atoms with van der Waals surface area (Å²) >= 11 is 5.55. The molecule has 0 unspecified atom stereocenters. The second kappa shape index (κ2) is 6.77. The molecule has 0 spiro atoms. The van der Waals surface area contributed by atoms with E-state index in [1.54, 1.807) is 34.6 Å². The topological polar surface area (TPSA) is 94.4 Å². The third-order valence-corrected chi connectivity index (χ3v) is 1.86. The van der Waals surface area contributed by atoms with Crippen LogP contribution < -0.4 is 10.6 Å². The van der Waals surface area contributed by atoms with E-state index in [-0.39, 0.29) is 17.4 Å². The minimum Gasteiger partial charge on any atom is -0.444 e. The van der Waals surface area contributed by atoms with Crippen molar-refractivity contribution in [3.05, 3.63) is 11.9 Å². The van der Waals surface area contributed by atoms with Crippen molar-refractivity contribution in [1.29, 1.82) is 5.41 Å². The van der Waals surface area contributed by atoms with Crippen LogP contribution in [0.5, 0.6) is 0 Å². The zero-order valence-corrected chi connectivity index (χ0v) is 12.7. The summed E-state index contributed by atoms with van der Waals surface area (Å²) in [6, 6.07) is 0. The number of nitrogens with one attached hydrogen (secondary N) is 3. The van der Waals surface area contributed by atoms with E-state index >= 15 is 0 Å². The molecule has 4 N–H and O–H groups in total. The highest BCUT2D eigenvalue weighted by Gasteiger charge is 2.18. The summed E-state index contributed by atoms with van der Waals surface area (Å²) in [7, 11) is 0. The summed E-state index contributed by atoms with van der Waals surface area (Å²) in [6.45, 7) is 8.69. The van der Waals surface area contributed by atoms with Crippen LogP contribution in [0.15, 0.2) is 11.9 Å². The Hall–Kier alpha value is -1.27. The number of ether oxygens (including phenoxy) is 1. The molecule has 0 aromatic carbocycles. The van der Waals surface area contributed by atoms with E-state index in [1.165, 1.54) is 6.20 Å². The van der Waals surface area contributed by atoms with Crippen LogP contribution >= 0.6 is 11.6 Å². The average Bonchev–Trinajstić information content (AvgIpc) is 2.10. The normalized spacial score (nSPS) is 12.9. The van der Waals surface area contributed by atoms with Gasteiger partial charge in [-0.25, -0.2) is 4.79 Å². The van der Waals surface area contributed by atoms with Crippen molar-refractivity contribution in [3.8, 4) is 0 Å². The Kier molecular flexibility index (Phi) is 6.32. The molecule has 0 saturated carbocycles. The van der Waals surface area contributed by atoms with E-state index in [0.29, 0.717) is 0 Å². The molecule has 0 bridgehead atoms. The quantitative estimate of drug-likeness (QED) is 0.582. The van der Waals surface area contributed by atoms with Crippen LogP contribution in [0.1, 0.15) is 34.6 Å². The van der Waals surface area contributed by atoms with Gasteiger partial charge in [-0.2, -0.15) is 0 Å². The monoisotopic (exact) mass is 291 g/mol. The van der Waals surface area contributed by atoms with Gasteiger partial charge in [0.05, 0.1) is 11.3 Å². The summed E-state index contributed by atoms with van der Waals surface area (Å²) < 4.78 is 5.04. The first-order chi connectivity index (χ1) is 8.41. The number of aliphatic hydroxyl groups is 1. The number of rotatable bonds is 5. The van der Waals surface area contributed by atoms with Gasteiger partial charge in [0.2, 0.25) is 0 Å². The molecule has 0 aliphatic rings. The van der Waals surface area contributed by atoms with Gasteiger partial charge in [-0.3, -0.25) is 10.7 Å². The first-order valence-electron chi connectivity index (χ1n) is 5.81. The van der Waals surface area contributed by atoms with E-state index in [9.17, 15) is 9.90 Å². The minimum atomic E-state index is -0.915. The third-order valence-electron chi connectivity index (χ3n) is 1.65. The maximum absolute atomic E-state index is 11.5. The molecule has 1 amide bonds. The molecule has 0 aromatic heterocycles. The van der Waals surface area contributed by atoms with Crippen LogP contribution in [-0.4, -0.2) is 34.1 Å². The highest BCUT2D eigenvalue weighted by molar-refractivity contribution is 6.68. The molecule has 0 rings (SSSR count). The Morgan fingerprint density at radius 2 is 1.89 bits per heavy atom. The van der Waals surface area contributed by atoms with Crippen LogP contribution in [-0.2, 0) is 4.74 Å². The minimum absolute atomic E-state index is 0.0696. The third kappa shape index (κ3) is 10.3. The predicted molar refractivity (Wildman–Crippen MR) is 75.3 cm³/mol. The van der Waals surface area contributed by atoms with Crippen LogP contribution in [0, 0.1) is 5.41 Å². The molecule has 110 valence electrons. The molecule has 7 heteroatoms. The Morgan fingerprint density at radius 1 is 1.37 bits per heavy atom. The molecule has 0 aromatic rings.